The van der Waals surface area contributed by atoms with E-state index in [0.717, 1.165) is 12.1 Å². The molecular weight excluding hydrogens is 275 g/mol. The van der Waals surface area contributed by atoms with Gasteiger partial charge in [0.2, 0.25) is 0 Å². The van der Waals surface area contributed by atoms with Crippen LogP contribution in [0, 0.1) is 5.92 Å². The first-order valence-corrected chi connectivity index (χ1v) is 5.98. The van der Waals surface area contributed by atoms with E-state index in [-0.39, 0.29) is 18.2 Å². The number of halogens is 3. The number of nitrogens with one attached hydrogen (secondary N) is 1. The molecule has 0 amide bonds. The van der Waals surface area contributed by atoms with Crippen LogP contribution in [-0.2, 0) is 6.18 Å². The molecule has 1 rings (SSSR count). The number of hydrogen-bond donors (Lipinski definition) is 3. The third kappa shape index (κ3) is 3.86. The van der Waals surface area contributed by atoms with Crippen molar-refractivity contribution in [3.8, 4) is 0 Å². The van der Waals surface area contributed by atoms with Gasteiger partial charge in [0.15, 0.2) is 0 Å². The van der Waals surface area contributed by atoms with E-state index in [1.807, 2.05) is 0 Å². The van der Waals surface area contributed by atoms with Gasteiger partial charge in [-0.2, -0.15) is 13.2 Å². The number of anilines is 1. The van der Waals surface area contributed by atoms with Gasteiger partial charge in [-0.1, -0.05) is 13.8 Å². The Bertz CT molecular complexity index is 486. The fraction of sp³-hybridized carbons (Fsp3) is 0.462. The number of carbonyl (C=O) groups is 1. The standard InChI is InChI=1S/C13H16F3NO3/c1-7(2)11(6-18)17-10-4-3-8(13(14,15)16)5-9(10)12(19)20/h3-5,7,11,17-18H,6H2,1-2H3,(H,19,20). The maximum Gasteiger partial charge on any atom is 0.416 e. The Hall–Kier alpha value is -1.76. The monoisotopic (exact) mass is 291 g/mol. The quantitative estimate of drug-likeness (QED) is 0.780. The summed E-state index contributed by atoms with van der Waals surface area (Å²) < 4.78 is 37.7. The van der Waals surface area contributed by atoms with Crippen LogP contribution in [0.2, 0.25) is 0 Å². The fourth-order valence-electron chi connectivity index (χ4n) is 1.65. The third-order valence-corrected chi connectivity index (χ3v) is 2.92. The van der Waals surface area contributed by atoms with Crippen molar-refractivity contribution in [2.45, 2.75) is 26.1 Å². The number of rotatable bonds is 5. The Morgan fingerprint density at radius 2 is 1.95 bits per heavy atom. The first kappa shape index (κ1) is 16.3. The van der Waals surface area contributed by atoms with E-state index < -0.39 is 29.3 Å². The molecule has 7 heteroatoms. The zero-order valence-corrected chi connectivity index (χ0v) is 11.0. The topological polar surface area (TPSA) is 69.6 Å². The van der Waals surface area contributed by atoms with Crippen LogP contribution < -0.4 is 5.32 Å². The molecule has 112 valence electrons. The number of aliphatic hydroxyl groups is 1. The van der Waals surface area contributed by atoms with E-state index in [0.29, 0.717) is 6.07 Å². The maximum absolute atomic E-state index is 12.6. The van der Waals surface area contributed by atoms with Crippen LogP contribution in [0.25, 0.3) is 0 Å². The molecule has 0 fully saturated rings. The lowest BCUT2D eigenvalue weighted by atomic mass is 10.0. The van der Waals surface area contributed by atoms with Crippen molar-refractivity contribution in [2.24, 2.45) is 5.92 Å². The molecule has 1 unspecified atom stereocenters. The van der Waals surface area contributed by atoms with Crippen molar-refractivity contribution in [1.29, 1.82) is 0 Å². The van der Waals surface area contributed by atoms with Gasteiger partial charge in [0.25, 0.3) is 0 Å². The SMILES string of the molecule is CC(C)C(CO)Nc1ccc(C(F)(F)F)cc1C(=O)O. The summed E-state index contributed by atoms with van der Waals surface area (Å²) in [5, 5.41) is 20.9. The number of benzene rings is 1. The van der Waals surface area contributed by atoms with Crippen molar-refractivity contribution < 1.29 is 28.2 Å². The highest BCUT2D eigenvalue weighted by Crippen LogP contribution is 2.32. The highest BCUT2D eigenvalue weighted by molar-refractivity contribution is 5.94. The Morgan fingerprint density at radius 1 is 1.35 bits per heavy atom. The molecule has 0 saturated heterocycles. The smallest absolute Gasteiger partial charge is 0.416 e. The molecule has 1 aromatic rings. The Morgan fingerprint density at radius 3 is 2.35 bits per heavy atom. The number of carboxylic acid groups (broad SMARTS) is 1. The summed E-state index contributed by atoms with van der Waals surface area (Å²) in [6.45, 7) is 3.36. The first-order chi connectivity index (χ1) is 9.16. The van der Waals surface area contributed by atoms with Crippen molar-refractivity contribution >= 4 is 11.7 Å². The zero-order chi connectivity index (χ0) is 15.5. The first-order valence-electron chi connectivity index (χ1n) is 5.98. The molecule has 1 aromatic carbocycles. The van der Waals surface area contributed by atoms with Gasteiger partial charge in [-0.3, -0.25) is 0 Å². The Kier molecular flexibility index (Phi) is 4.99. The molecule has 0 aliphatic carbocycles. The summed E-state index contributed by atoms with van der Waals surface area (Å²) in [4.78, 5) is 11.1. The minimum Gasteiger partial charge on any atom is -0.478 e. The number of carboxylic acids is 1. The highest BCUT2D eigenvalue weighted by atomic mass is 19.4. The Balaban J connectivity index is 3.17. The minimum atomic E-state index is -4.60. The van der Waals surface area contributed by atoms with Crippen molar-refractivity contribution in [3.63, 3.8) is 0 Å². The van der Waals surface area contributed by atoms with E-state index >= 15 is 0 Å². The minimum absolute atomic E-state index is 0.0102. The molecular formula is C13H16F3NO3. The van der Waals surface area contributed by atoms with Gasteiger partial charge in [-0.15, -0.1) is 0 Å². The molecule has 0 bridgehead atoms. The van der Waals surface area contributed by atoms with Gasteiger partial charge in [-0.05, 0) is 24.1 Å². The lowest BCUT2D eigenvalue weighted by Gasteiger charge is -2.22. The number of alkyl halides is 3. The van der Waals surface area contributed by atoms with E-state index in [4.69, 9.17) is 5.11 Å². The number of aliphatic hydroxyl groups excluding tert-OH is 1. The molecule has 0 aliphatic heterocycles. The number of hydrogen-bond acceptors (Lipinski definition) is 3. The summed E-state index contributed by atoms with van der Waals surface area (Å²) in [5.41, 5.74) is -1.44. The molecule has 0 aliphatic rings. The van der Waals surface area contributed by atoms with Crippen LogP contribution >= 0.6 is 0 Å². The molecule has 0 radical (unpaired) electrons. The van der Waals surface area contributed by atoms with Gasteiger partial charge >= 0.3 is 12.1 Å². The predicted molar refractivity (Wildman–Crippen MR) is 67.7 cm³/mol. The second-order valence-corrected chi connectivity index (χ2v) is 4.74. The maximum atomic E-state index is 12.6. The summed E-state index contributed by atoms with van der Waals surface area (Å²) >= 11 is 0. The average Bonchev–Trinajstić information content (AvgIpc) is 2.34. The van der Waals surface area contributed by atoms with E-state index in [1.165, 1.54) is 0 Å². The molecule has 4 nitrogen and oxygen atoms in total. The molecule has 1 atom stereocenters. The van der Waals surface area contributed by atoms with Crippen LogP contribution in [0.4, 0.5) is 18.9 Å². The zero-order valence-electron chi connectivity index (χ0n) is 11.0. The normalized spacial score (nSPS) is 13.3. The van der Waals surface area contributed by atoms with Crippen LogP contribution in [-0.4, -0.2) is 28.8 Å². The lowest BCUT2D eigenvalue weighted by molar-refractivity contribution is -0.137. The second kappa shape index (κ2) is 6.13. The number of aromatic carboxylic acids is 1. The van der Waals surface area contributed by atoms with Crippen molar-refractivity contribution in [1.82, 2.24) is 0 Å². The van der Waals surface area contributed by atoms with E-state index in [2.05, 4.69) is 5.32 Å². The molecule has 20 heavy (non-hydrogen) atoms. The average molecular weight is 291 g/mol. The molecule has 3 N–H and O–H groups in total. The highest BCUT2D eigenvalue weighted by Gasteiger charge is 2.32. The molecule has 0 spiro atoms. The van der Waals surface area contributed by atoms with E-state index in [1.54, 1.807) is 13.8 Å². The second-order valence-electron chi connectivity index (χ2n) is 4.74. The summed E-state index contributed by atoms with van der Waals surface area (Å²) in [7, 11) is 0. The predicted octanol–water partition coefficient (Wildman–Crippen LogP) is 2.83. The summed E-state index contributed by atoms with van der Waals surface area (Å²) in [6.07, 6.45) is -4.60. The van der Waals surface area contributed by atoms with Gasteiger partial charge in [-0.25, -0.2) is 4.79 Å². The van der Waals surface area contributed by atoms with Gasteiger partial charge < -0.3 is 15.5 Å². The van der Waals surface area contributed by atoms with Gasteiger partial charge in [0.1, 0.15) is 0 Å². The summed E-state index contributed by atoms with van der Waals surface area (Å²) in [5.74, 6) is -1.47. The van der Waals surface area contributed by atoms with Gasteiger partial charge in [0.05, 0.1) is 23.8 Å². The summed E-state index contributed by atoms with van der Waals surface area (Å²) in [6, 6.07) is 2.02. The Labute approximate surface area is 114 Å². The molecule has 0 heterocycles. The van der Waals surface area contributed by atoms with Gasteiger partial charge in [0, 0.05) is 5.69 Å². The third-order valence-electron chi connectivity index (χ3n) is 2.92. The van der Waals surface area contributed by atoms with Crippen molar-refractivity contribution in [3.05, 3.63) is 29.3 Å². The van der Waals surface area contributed by atoms with Crippen molar-refractivity contribution in [2.75, 3.05) is 11.9 Å². The lowest BCUT2D eigenvalue weighted by Crippen LogP contribution is -2.30. The largest absolute Gasteiger partial charge is 0.478 e. The van der Waals surface area contributed by atoms with Crippen LogP contribution in [0.3, 0.4) is 0 Å². The molecule has 0 saturated carbocycles. The van der Waals surface area contributed by atoms with Crippen LogP contribution in [0.5, 0.6) is 0 Å². The van der Waals surface area contributed by atoms with E-state index in [9.17, 15) is 23.1 Å². The fourth-order valence-corrected chi connectivity index (χ4v) is 1.65. The van der Waals surface area contributed by atoms with Crippen LogP contribution in [0.1, 0.15) is 29.8 Å². The molecule has 0 aromatic heterocycles. The van der Waals surface area contributed by atoms with Crippen LogP contribution in [0.15, 0.2) is 18.2 Å².